The number of aromatic nitrogens is 5. The number of rotatable bonds is 5. The van der Waals surface area contributed by atoms with Gasteiger partial charge >= 0.3 is 0 Å². The second-order valence-electron chi connectivity index (χ2n) is 15.6. The summed E-state index contributed by atoms with van der Waals surface area (Å²) in [5, 5.41) is 9.57. The standard InChI is InChI=1S/C55H33N5S/c1-4-15-34(16-5-1)45-33-46(35-17-6-2-7-18-35)58-55(57-45)60-49-29-27-37(36-26-28-48-43(31-36)39-21-12-13-25-47(39)59(48)38-19-8-3-9-20-38)32-44(49)50-40-22-10-11-23-41(40)51-42-24-14-30-56-54(42)61-53(51)52(50)60/h1-33H. The number of hydrogen-bond acceptors (Lipinski definition) is 4. The fraction of sp³-hybridized carbons (Fsp3) is 0. The molecule has 0 fully saturated rings. The first-order valence-electron chi connectivity index (χ1n) is 20.5. The molecule has 0 atom stereocenters. The molecule has 0 spiro atoms. The molecule has 0 aliphatic carbocycles. The van der Waals surface area contributed by atoms with Crippen molar-refractivity contribution in [3.05, 3.63) is 200 Å². The highest BCUT2D eigenvalue weighted by atomic mass is 32.1. The minimum atomic E-state index is 0.630. The molecule has 0 N–H and O–H groups in total. The van der Waals surface area contributed by atoms with Crippen molar-refractivity contribution in [1.82, 2.24) is 24.1 Å². The molecule has 0 aliphatic rings. The maximum atomic E-state index is 5.42. The summed E-state index contributed by atoms with van der Waals surface area (Å²) in [7, 11) is 0. The molecule has 61 heavy (non-hydrogen) atoms. The monoisotopic (exact) mass is 795 g/mol. The van der Waals surface area contributed by atoms with E-state index in [-0.39, 0.29) is 0 Å². The van der Waals surface area contributed by atoms with Gasteiger partial charge in [-0.25, -0.2) is 15.0 Å². The molecule has 0 radical (unpaired) electrons. The van der Waals surface area contributed by atoms with E-state index < -0.39 is 0 Å². The minimum absolute atomic E-state index is 0.630. The highest BCUT2D eigenvalue weighted by Gasteiger charge is 2.25. The van der Waals surface area contributed by atoms with Crippen LogP contribution in [0.3, 0.4) is 0 Å². The average Bonchev–Trinajstić information content (AvgIpc) is 4.00. The summed E-state index contributed by atoms with van der Waals surface area (Å²) in [6, 6.07) is 69.2. The molecule has 0 aliphatic heterocycles. The smallest absolute Gasteiger partial charge is 0.235 e. The summed E-state index contributed by atoms with van der Waals surface area (Å²) in [5.74, 6) is 0.630. The molecule has 0 unspecified atom stereocenters. The third kappa shape index (κ3) is 5.16. The van der Waals surface area contributed by atoms with Gasteiger partial charge in [0.15, 0.2) is 0 Å². The molecular weight excluding hydrogens is 763 g/mol. The van der Waals surface area contributed by atoms with Crippen LogP contribution in [0.1, 0.15) is 0 Å². The van der Waals surface area contributed by atoms with Crippen LogP contribution >= 0.6 is 11.3 Å². The van der Waals surface area contributed by atoms with Crippen molar-refractivity contribution < 1.29 is 0 Å². The number of benzene rings is 8. The van der Waals surface area contributed by atoms with E-state index in [0.717, 1.165) is 66.0 Å². The van der Waals surface area contributed by atoms with E-state index >= 15 is 0 Å². The Morgan fingerprint density at radius 3 is 1.61 bits per heavy atom. The van der Waals surface area contributed by atoms with Crippen LogP contribution in [0.5, 0.6) is 0 Å². The number of hydrogen-bond donors (Lipinski definition) is 0. The average molecular weight is 796 g/mol. The van der Waals surface area contributed by atoms with E-state index in [1.807, 2.05) is 24.4 Å². The second kappa shape index (κ2) is 13.3. The summed E-state index contributed by atoms with van der Waals surface area (Å²) in [5.41, 5.74) is 11.8. The molecule has 6 heteroatoms. The van der Waals surface area contributed by atoms with Crippen molar-refractivity contribution in [2.75, 3.05) is 0 Å². The Kier molecular flexibility index (Phi) is 7.41. The van der Waals surface area contributed by atoms with E-state index in [9.17, 15) is 0 Å². The van der Waals surface area contributed by atoms with Crippen LogP contribution in [0, 0.1) is 0 Å². The van der Waals surface area contributed by atoms with Crippen molar-refractivity contribution >= 4 is 86.0 Å². The number of nitrogens with zero attached hydrogens (tertiary/aromatic N) is 5. The van der Waals surface area contributed by atoms with E-state index in [1.165, 1.54) is 48.1 Å². The summed E-state index contributed by atoms with van der Waals surface area (Å²) in [6.45, 7) is 0. The lowest BCUT2D eigenvalue weighted by atomic mass is 9.97. The first-order valence-corrected chi connectivity index (χ1v) is 21.3. The van der Waals surface area contributed by atoms with Crippen LogP contribution in [-0.4, -0.2) is 24.1 Å². The van der Waals surface area contributed by atoms with Crippen LogP contribution in [0.15, 0.2) is 200 Å². The Morgan fingerprint density at radius 1 is 0.377 bits per heavy atom. The third-order valence-corrected chi connectivity index (χ3v) is 13.3. The number of thiophene rings is 1. The minimum Gasteiger partial charge on any atom is -0.309 e. The molecule has 0 saturated carbocycles. The second-order valence-corrected chi connectivity index (χ2v) is 16.6. The molecule has 8 aromatic carbocycles. The maximum absolute atomic E-state index is 5.42. The summed E-state index contributed by atoms with van der Waals surface area (Å²) >= 11 is 1.74. The lowest BCUT2D eigenvalue weighted by Gasteiger charge is -2.13. The fourth-order valence-electron chi connectivity index (χ4n) is 9.51. The molecular formula is C55H33N5S. The van der Waals surface area contributed by atoms with Crippen molar-refractivity contribution in [3.8, 4) is 45.3 Å². The van der Waals surface area contributed by atoms with E-state index in [0.29, 0.717) is 5.95 Å². The van der Waals surface area contributed by atoms with Crippen molar-refractivity contribution in [1.29, 1.82) is 0 Å². The largest absolute Gasteiger partial charge is 0.309 e. The number of para-hydroxylation sites is 2. The SMILES string of the molecule is c1ccc(-c2cc(-c3ccccc3)nc(-n3c4ccc(-c5ccc6c(c5)c5ccccc5n6-c5ccccc5)cc4c4c5ccccc5c5c6cccnc6sc5c43)n2)cc1. The third-order valence-electron chi connectivity index (χ3n) is 12.2. The van der Waals surface area contributed by atoms with Crippen LogP contribution < -0.4 is 0 Å². The number of fused-ring (bicyclic) bond motifs is 13. The zero-order chi connectivity index (χ0) is 40.0. The Labute approximate surface area is 354 Å². The Hall–Kier alpha value is -7.93. The van der Waals surface area contributed by atoms with Gasteiger partial charge in [-0.15, -0.1) is 11.3 Å². The van der Waals surface area contributed by atoms with Gasteiger partial charge in [0, 0.05) is 55.3 Å². The van der Waals surface area contributed by atoms with Crippen LogP contribution in [0.2, 0.25) is 0 Å². The molecule has 0 saturated heterocycles. The van der Waals surface area contributed by atoms with Crippen LogP contribution in [-0.2, 0) is 0 Å². The first kappa shape index (κ1) is 34.0. The molecule has 284 valence electrons. The van der Waals surface area contributed by atoms with Gasteiger partial charge < -0.3 is 4.57 Å². The van der Waals surface area contributed by atoms with Crippen LogP contribution in [0.4, 0.5) is 0 Å². The van der Waals surface area contributed by atoms with E-state index in [4.69, 9.17) is 15.0 Å². The fourth-order valence-corrected chi connectivity index (χ4v) is 10.7. The molecule has 0 amide bonds. The zero-order valence-electron chi connectivity index (χ0n) is 32.7. The van der Waals surface area contributed by atoms with Gasteiger partial charge in [-0.2, -0.15) is 0 Å². The van der Waals surface area contributed by atoms with Gasteiger partial charge in [-0.1, -0.05) is 133 Å². The van der Waals surface area contributed by atoms with E-state index in [2.05, 4.69) is 185 Å². The van der Waals surface area contributed by atoms with Gasteiger partial charge in [0.1, 0.15) is 4.83 Å². The Bertz CT molecular complexity index is 3810. The van der Waals surface area contributed by atoms with Gasteiger partial charge in [0.05, 0.1) is 38.2 Å². The number of pyridine rings is 1. The predicted molar refractivity (Wildman–Crippen MR) is 255 cm³/mol. The highest BCUT2D eigenvalue weighted by molar-refractivity contribution is 7.26. The quantitative estimate of drug-likeness (QED) is 0.174. The summed E-state index contributed by atoms with van der Waals surface area (Å²) < 4.78 is 5.86. The van der Waals surface area contributed by atoms with Crippen LogP contribution in [0.25, 0.3) is 120 Å². The highest BCUT2D eigenvalue weighted by Crippen LogP contribution is 2.48. The molecule has 5 heterocycles. The molecule has 13 rings (SSSR count). The van der Waals surface area contributed by atoms with Gasteiger partial charge in [-0.05, 0) is 82.6 Å². The zero-order valence-corrected chi connectivity index (χ0v) is 33.5. The molecule has 5 aromatic heterocycles. The van der Waals surface area contributed by atoms with Gasteiger partial charge in [0.2, 0.25) is 5.95 Å². The topological polar surface area (TPSA) is 48.5 Å². The van der Waals surface area contributed by atoms with Crippen molar-refractivity contribution in [2.45, 2.75) is 0 Å². The lowest BCUT2D eigenvalue weighted by molar-refractivity contribution is 0.998. The lowest BCUT2D eigenvalue weighted by Crippen LogP contribution is -2.04. The summed E-state index contributed by atoms with van der Waals surface area (Å²) in [6.07, 6.45) is 1.89. The first-order chi connectivity index (χ1) is 30.3. The molecule has 5 nitrogen and oxygen atoms in total. The molecule has 0 bridgehead atoms. The van der Waals surface area contributed by atoms with Gasteiger partial charge in [-0.3, -0.25) is 4.57 Å². The molecule has 13 aromatic rings. The maximum Gasteiger partial charge on any atom is 0.235 e. The normalized spacial score (nSPS) is 11.9. The Morgan fingerprint density at radius 2 is 0.918 bits per heavy atom. The van der Waals surface area contributed by atoms with E-state index in [1.54, 1.807) is 11.3 Å². The van der Waals surface area contributed by atoms with Crippen molar-refractivity contribution in [2.24, 2.45) is 0 Å². The summed E-state index contributed by atoms with van der Waals surface area (Å²) in [4.78, 5) is 16.8. The predicted octanol–water partition coefficient (Wildman–Crippen LogP) is 14.6. The van der Waals surface area contributed by atoms with Crippen molar-refractivity contribution in [3.63, 3.8) is 0 Å². The Balaban J connectivity index is 1.14. The van der Waals surface area contributed by atoms with Gasteiger partial charge in [0.25, 0.3) is 0 Å².